The first-order chi connectivity index (χ1) is 10.6. The molecule has 1 heterocycles. The van der Waals surface area contributed by atoms with Gasteiger partial charge in [0.1, 0.15) is 5.69 Å². The molecule has 8 nitrogen and oxygen atoms in total. The second kappa shape index (κ2) is 6.33. The smallest absolute Gasteiger partial charge is 0.325 e. The molecular formula is C13H16ClN4O4P. The highest BCUT2D eigenvalue weighted by Crippen LogP contribution is 2.37. The second-order valence-corrected chi connectivity index (χ2v) is 7.25. The first-order valence-corrected chi connectivity index (χ1v) is 8.74. The van der Waals surface area contributed by atoms with Gasteiger partial charge in [-0.2, -0.15) is 0 Å². The fourth-order valence-electron chi connectivity index (χ4n) is 2.39. The average molecular weight is 359 g/mol. The molecule has 2 rings (SSSR count). The molecule has 0 aliphatic carbocycles. The van der Waals surface area contributed by atoms with E-state index >= 15 is 0 Å². The third-order valence-corrected chi connectivity index (χ3v) is 4.51. The number of aromatic nitrogens is 1. The zero-order valence-corrected chi connectivity index (χ0v) is 13.9. The molecule has 6 N–H and O–H groups in total. The third kappa shape index (κ3) is 3.92. The summed E-state index contributed by atoms with van der Waals surface area (Å²) in [5.74, 6) is -1.04. The van der Waals surface area contributed by atoms with Crippen LogP contribution in [0.15, 0.2) is 18.2 Å². The molecule has 0 bridgehead atoms. The Morgan fingerprint density at radius 3 is 2.70 bits per heavy atom. The van der Waals surface area contributed by atoms with Crippen molar-refractivity contribution in [2.45, 2.75) is 6.42 Å². The Bertz CT molecular complexity index is 842. The number of aryl methyl sites for hydroxylation is 2. The Kier molecular flexibility index (Phi) is 4.81. The van der Waals surface area contributed by atoms with E-state index in [0.717, 1.165) is 0 Å². The van der Waals surface area contributed by atoms with Gasteiger partial charge < -0.3 is 20.1 Å². The van der Waals surface area contributed by atoms with Crippen LogP contribution in [0, 0.1) is 5.41 Å². The molecule has 1 aromatic heterocycles. The number of benzene rings is 1. The number of amides is 1. The first kappa shape index (κ1) is 17.5. The van der Waals surface area contributed by atoms with Gasteiger partial charge in [0, 0.05) is 17.5 Å². The minimum atomic E-state index is -4.13. The molecule has 0 atom stereocenters. The van der Waals surface area contributed by atoms with E-state index in [2.05, 4.69) is 5.32 Å². The Labute approximate surface area is 136 Å². The SMILES string of the molecule is Cn1c(C(=O)NC(=N)N)cc2c(Cl)ccc(CCP(=O)(O)O)c21. The van der Waals surface area contributed by atoms with Crippen LogP contribution in [0.5, 0.6) is 0 Å². The fourth-order valence-corrected chi connectivity index (χ4v) is 3.13. The van der Waals surface area contributed by atoms with E-state index in [9.17, 15) is 9.36 Å². The van der Waals surface area contributed by atoms with Gasteiger partial charge in [-0.05, 0) is 24.1 Å². The van der Waals surface area contributed by atoms with Crippen LogP contribution >= 0.6 is 19.2 Å². The number of nitrogens with two attached hydrogens (primary N) is 1. The van der Waals surface area contributed by atoms with Crippen LogP contribution in [-0.4, -0.2) is 32.4 Å². The summed E-state index contributed by atoms with van der Waals surface area (Å²) in [5, 5.41) is 10.3. The Morgan fingerprint density at radius 2 is 2.13 bits per heavy atom. The molecule has 0 radical (unpaired) electrons. The van der Waals surface area contributed by atoms with Crippen molar-refractivity contribution < 1.29 is 19.1 Å². The Morgan fingerprint density at radius 1 is 1.48 bits per heavy atom. The Hall–Kier alpha value is -1.86. The summed E-state index contributed by atoms with van der Waals surface area (Å²) in [6, 6.07) is 4.84. The first-order valence-electron chi connectivity index (χ1n) is 6.57. The monoisotopic (exact) mass is 358 g/mol. The minimum Gasteiger partial charge on any atom is -0.370 e. The van der Waals surface area contributed by atoms with Crippen LogP contribution in [0.3, 0.4) is 0 Å². The van der Waals surface area contributed by atoms with Crippen LogP contribution < -0.4 is 11.1 Å². The van der Waals surface area contributed by atoms with Gasteiger partial charge in [0.15, 0.2) is 5.96 Å². The zero-order chi connectivity index (χ0) is 17.4. The van der Waals surface area contributed by atoms with Crippen molar-refractivity contribution in [2.24, 2.45) is 12.8 Å². The number of carbonyl (C=O) groups is 1. The molecule has 1 amide bonds. The lowest BCUT2D eigenvalue weighted by atomic mass is 10.1. The van der Waals surface area contributed by atoms with Crippen LogP contribution in [0.2, 0.25) is 5.02 Å². The van der Waals surface area contributed by atoms with Crippen molar-refractivity contribution in [1.82, 2.24) is 9.88 Å². The van der Waals surface area contributed by atoms with E-state index < -0.39 is 19.5 Å². The predicted octanol–water partition coefficient (Wildman–Crippen LogP) is 1.18. The summed E-state index contributed by atoms with van der Waals surface area (Å²) in [5.41, 5.74) is 6.67. The lowest BCUT2D eigenvalue weighted by molar-refractivity contribution is 0.0969. The van der Waals surface area contributed by atoms with Gasteiger partial charge in [0.05, 0.1) is 11.7 Å². The van der Waals surface area contributed by atoms with Gasteiger partial charge in [0.25, 0.3) is 5.91 Å². The number of carbonyl (C=O) groups excluding carboxylic acids is 1. The van der Waals surface area contributed by atoms with E-state index in [1.165, 1.54) is 0 Å². The number of guanidine groups is 1. The minimum absolute atomic E-state index is 0.142. The number of hydrogen-bond acceptors (Lipinski definition) is 3. The van der Waals surface area contributed by atoms with E-state index in [4.69, 9.17) is 32.5 Å². The number of hydrogen-bond donors (Lipinski definition) is 5. The zero-order valence-electron chi connectivity index (χ0n) is 12.2. The van der Waals surface area contributed by atoms with Crippen molar-refractivity contribution in [2.75, 3.05) is 6.16 Å². The van der Waals surface area contributed by atoms with Crippen molar-refractivity contribution in [1.29, 1.82) is 5.41 Å². The summed E-state index contributed by atoms with van der Waals surface area (Å²) in [6.07, 6.45) is -0.159. The van der Waals surface area contributed by atoms with E-state index in [-0.39, 0.29) is 18.3 Å². The highest BCUT2D eigenvalue weighted by atomic mass is 35.5. The highest BCUT2D eigenvalue weighted by molar-refractivity contribution is 7.51. The van der Waals surface area contributed by atoms with Crippen LogP contribution in [0.1, 0.15) is 16.1 Å². The molecule has 0 fully saturated rings. The molecule has 0 spiro atoms. The molecule has 2 aromatic rings. The normalized spacial score (nSPS) is 11.7. The highest BCUT2D eigenvalue weighted by Gasteiger charge is 2.20. The maximum atomic E-state index is 12.1. The average Bonchev–Trinajstić information content (AvgIpc) is 2.76. The van der Waals surface area contributed by atoms with E-state index in [0.29, 0.717) is 21.5 Å². The molecular weight excluding hydrogens is 343 g/mol. The topological polar surface area (TPSA) is 141 Å². The number of halogens is 1. The van der Waals surface area contributed by atoms with Crippen LogP contribution in [0.4, 0.5) is 0 Å². The van der Waals surface area contributed by atoms with Gasteiger partial charge in [-0.1, -0.05) is 17.7 Å². The summed E-state index contributed by atoms with van der Waals surface area (Å²) >= 11 is 6.15. The lowest BCUT2D eigenvalue weighted by Crippen LogP contribution is -2.36. The largest absolute Gasteiger partial charge is 0.370 e. The van der Waals surface area contributed by atoms with Crippen molar-refractivity contribution >= 4 is 42.0 Å². The van der Waals surface area contributed by atoms with Crippen molar-refractivity contribution in [3.05, 3.63) is 34.5 Å². The Balaban J connectivity index is 2.53. The molecule has 0 saturated carbocycles. The van der Waals surface area contributed by atoms with E-state index in [1.54, 1.807) is 29.8 Å². The molecule has 0 aliphatic rings. The number of nitrogens with zero attached hydrogens (tertiary/aromatic N) is 1. The number of rotatable bonds is 4. The molecule has 0 unspecified atom stereocenters. The van der Waals surface area contributed by atoms with Crippen LogP contribution in [0.25, 0.3) is 10.9 Å². The maximum Gasteiger partial charge on any atom is 0.325 e. The summed E-state index contributed by atoms with van der Waals surface area (Å²) in [4.78, 5) is 30.2. The predicted molar refractivity (Wildman–Crippen MR) is 87.9 cm³/mol. The fraction of sp³-hybridized carbons (Fsp3) is 0.231. The summed E-state index contributed by atoms with van der Waals surface area (Å²) in [7, 11) is -2.50. The summed E-state index contributed by atoms with van der Waals surface area (Å²) < 4.78 is 12.7. The van der Waals surface area contributed by atoms with Crippen LogP contribution in [-0.2, 0) is 18.0 Å². The van der Waals surface area contributed by atoms with Gasteiger partial charge >= 0.3 is 7.60 Å². The molecule has 0 saturated heterocycles. The molecule has 0 aliphatic heterocycles. The van der Waals surface area contributed by atoms with Gasteiger partial charge in [-0.3, -0.25) is 20.1 Å². The molecule has 23 heavy (non-hydrogen) atoms. The summed E-state index contributed by atoms with van der Waals surface area (Å²) in [6.45, 7) is 0. The van der Waals surface area contributed by atoms with Gasteiger partial charge in [0.2, 0.25) is 0 Å². The number of nitrogens with one attached hydrogen (secondary N) is 2. The third-order valence-electron chi connectivity index (χ3n) is 3.38. The van der Waals surface area contributed by atoms with Gasteiger partial charge in [-0.25, -0.2) is 0 Å². The second-order valence-electron chi connectivity index (χ2n) is 5.06. The number of fused-ring (bicyclic) bond motifs is 1. The lowest BCUT2D eigenvalue weighted by Gasteiger charge is -2.10. The molecule has 124 valence electrons. The van der Waals surface area contributed by atoms with E-state index in [1.807, 2.05) is 0 Å². The van der Waals surface area contributed by atoms with Crippen molar-refractivity contribution in [3.63, 3.8) is 0 Å². The standard InChI is InChI=1S/C13H16ClN4O4P/c1-18-10(12(19)17-13(15)16)6-8-9(14)3-2-7(11(8)18)4-5-23(20,21)22/h2-3,6H,4-5H2,1H3,(H2,20,21,22)(H4,15,16,17,19). The maximum absolute atomic E-state index is 12.1. The van der Waals surface area contributed by atoms with Gasteiger partial charge in [-0.15, -0.1) is 0 Å². The molecule has 10 heteroatoms. The quantitative estimate of drug-likeness (QED) is 0.317. The van der Waals surface area contributed by atoms with Crippen molar-refractivity contribution in [3.8, 4) is 0 Å². The molecule has 1 aromatic carbocycles.